The largest absolute Gasteiger partial charge is 0.495 e. The van der Waals surface area contributed by atoms with E-state index in [9.17, 15) is 23.1 Å². The maximum atomic E-state index is 13.6. The lowest BCUT2D eigenvalue weighted by Crippen LogP contribution is -2.55. The fourth-order valence-corrected chi connectivity index (χ4v) is 2.83. The molecule has 3 N–H and O–H groups in total. The predicted molar refractivity (Wildman–Crippen MR) is 90.9 cm³/mol. The Morgan fingerprint density at radius 2 is 1.69 bits per heavy atom. The molecule has 0 saturated carbocycles. The molecule has 1 unspecified atom stereocenters. The summed E-state index contributed by atoms with van der Waals surface area (Å²) in [5.74, 6) is -1.67. The molecule has 9 heteroatoms. The molecule has 2 rings (SSSR count). The number of aliphatic hydroxyl groups excluding tert-OH is 1. The summed E-state index contributed by atoms with van der Waals surface area (Å²) in [6.45, 7) is 7.50. The average Bonchev–Trinajstić information content (AvgIpc) is 2.68. The number of aliphatic hydroxyl groups is 1. The van der Waals surface area contributed by atoms with Gasteiger partial charge in [-0.15, -0.1) is 0 Å². The molecule has 0 aliphatic carbocycles. The third kappa shape index (κ3) is 3.02. The molecule has 5 nitrogen and oxygen atoms in total. The number of halogens is 3. The van der Waals surface area contributed by atoms with Crippen LogP contribution in [0.3, 0.4) is 0 Å². The minimum Gasteiger partial charge on any atom is -0.399 e. The number of aryl methyl sites for hydroxylation is 1. The number of alkyl halides is 3. The maximum absolute atomic E-state index is 13.6. The van der Waals surface area contributed by atoms with Crippen molar-refractivity contribution in [1.29, 1.82) is 0 Å². The first-order valence-electron chi connectivity index (χ1n) is 8.14. The molecule has 1 aliphatic rings. The summed E-state index contributed by atoms with van der Waals surface area (Å²) in [4.78, 5) is 11.7. The summed E-state index contributed by atoms with van der Waals surface area (Å²) in [7, 11) is -0.905. The minimum atomic E-state index is -5.06. The van der Waals surface area contributed by atoms with Crippen molar-refractivity contribution in [3.05, 3.63) is 29.3 Å². The quantitative estimate of drug-likeness (QED) is 0.786. The zero-order chi connectivity index (χ0) is 20.1. The van der Waals surface area contributed by atoms with Gasteiger partial charge < -0.3 is 20.1 Å². The Labute approximate surface area is 150 Å². The lowest BCUT2D eigenvalue weighted by molar-refractivity contribution is -0.201. The van der Waals surface area contributed by atoms with Gasteiger partial charge in [0, 0.05) is 0 Å². The lowest BCUT2D eigenvalue weighted by atomic mass is 9.71. The monoisotopic (exact) mass is 373 g/mol. The Morgan fingerprint density at radius 3 is 2.08 bits per heavy atom. The number of carbonyl (C=O) groups excluding carboxylic acids is 1. The highest BCUT2D eigenvalue weighted by molar-refractivity contribution is 6.62. The van der Waals surface area contributed by atoms with E-state index in [1.54, 1.807) is 6.92 Å². The number of hydrogen-bond acceptors (Lipinski definition) is 4. The van der Waals surface area contributed by atoms with Gasteiger partial charge in [0.15, 0.2) is 5.41 Å². The molecule has 1 aromatic rings. The van der Waals surface area contributed by atoms with Crippen LogP contribution in [-0.4, -0.2) is 42.1 Å². The summed E-state index contributed by atoms with van der Waals surface area (Å²) in [5, 5.41) is 9.44. The first kappa shape index (κ1) is 20.7. The van der Waals surface area contributed by atoms with Crippen molar-refractivity contribution < 1.29 is 32.4 Å². The maximum Gasteiger partial charge on any atom is 0.495 e. The highest BCUT2D eigenvalue weighted by Crippen LogP contribution is 2.41. The molecule has 1 atom stereocenters. The molecule has 1 amide bonds. The second kappa shape index (κ2) is 6.25. The molecule has 1 saturated heterocycles. The standard InChI is InChI=1S/C17H23BF3NO4/c1-10-6-7-11(16(9-23,13(22)24)17(19,20)21)8-12(10)18-25-14(2,3)15(4,5)26-18/h6-8,23H,9H2,1-5H3,(H2,22,24). The van der Waals surface area contributed by atoms with Crippen LogP contribution in [0.25, 0.3) is 0 Å². The van der Waals surface area contributed by atoms with Gasteiger partial charge in [-0.1, -0.05) is 23.8 Å². The number of primary amides is 1. The van der Waals surface area contributed by atoms with E-state index in [1.807, 2.05) is 27.7 Å². The number of hydrogen-bond donors (Lipinski definition) is 2. The first-order chi connectivity index (χ1) is 11.7. The van der Waals surface area contributed by atoms with Crippen molar-refractivity contribution in [2.75, 3.05) is 6.61 Å². The van der Waals surface area contributed by atoms with Gasteiger partial charge in [-0.2, -0.15) is 13.2 Å². The molecule has 0 radical (unpaired) electrons. The predicted octanol–water partition coefficient (Wildman–Crippen LogP) is 1.57. The number of benzene rings is 1. The molecule has 0 bridgehead atoms. The van der Waals surface area contributed by atoms with Crippen LogP contribution in [-0.2, 0) is 19.5 Å². The zero-order valence-electron chi connectivity index (χ0n) is 15.4. The summed E-state index contributed by atoms with van der Waals surface area (Å²) in [5.41, 5.74) is 1.03. The van der Waals surface area contributed by atoms with Crippen LogP contribution in [0.2, 0.25) is 0 Å². The van der Waals surface area contributed by atoms with Crippen molar-refractivity contribution in [1.82, 2.24) is 0 Å². The van der Waals surface area contributed by atoms with E-state index in [-0.39, 0.29) is 0 Å². The number of amides is 1. The summed E-state index contributed by atoms with van der Waals surface area (Å²) < 4.78 is 52.7. The van der Waals surface area contributed by atoms with E-state index in [2.05, 4.69) is 0 Å². The summed E-state index contributed by atoms with van der Waals surface area (Å²) >= 11 is 0. The summed E-state index contributed by atoms with van der Waals surface area (Å²) in [6, 6.07) is 3.74. The van der Waals surface area contributed by atoms with Crippen molar-refractivity contribution in [3.63, 3.8) is 0 Å². The van der Waals surface area contributed by atoms with Crippen molar-refractivity contribution in [2.24, 2.45) is 5.73 Å². The fraction of sp³-hybridized carbons (Fsp3) is 0.588. The molecular formula is C17H23BF3NO4. The van der Waals surface area contributed by atoms with Gasteiger partial charge in [0.1, 0.15) is 0 Å². The minimum absolute atomic E-state index is 0.351. The molecule has 0 spiro atoms. The van der Waals surface area contributed by atoms with Gasteiger partial charge in [0.2, 0.25) is 5.91 Å². The Balaban J connectivity index is 2.59. The van der Waals surface area contributed by atoms with E-state index < -0.39 is 48.0 Å². The smallest absolute Gasteiger partial charge is 0.399 e. The van der Waals surface area contributed by atoms with Gasteiger partial charge in [-0.05, 0) is 45.6 Å². The molecule has 1 heterocycles. The highest BCUT2D eigenvalue weighted by atomic mass is 19.4. The van der Waals surface area contributed by atoms with Crippen LogP contribution in [0.4, 0.5) is 13.2 Å². The molecule has 1 fully saturated rings. The van der Waals surface area contributed by atoms with Crippen LogP contribution in [0.15, 0.2) is 18.2 Å². The Hall–Kier alpha value is -1.58. The van der Waals surface area contributed by atoms with E-state index in [4.69, 9.17) is 15.0 Å². The number of nitrogens with two attached hydrogens (primary N) is 1. The molecule has 0 aromatic heterocycles. The third-order valence-corrected chi connectivity index (χ3v) is 5.42. The molecule has 1 aromatic carbocycles. The van der Waals surface area contributed by atoms with E-state index in [1.165, 1.54) is 12.1 Å². The number of rotatable bonds is 4. The van der Waals surface area contributed by atoms with Gasteiger partial charge in [0.05, 0.1) is 17.8 Å². The van der Waals surface area contributed by atoms with Gasteiger partial charge in [0.25, 0.3) is 0 Å². The van der Waals surface area contributed by atoms with Crippen LogP contribution >= 0.6 is 0 Å². The molecule has 144 valence electrons. The van der Waals surface area contributed by atoms with Crippen molar-refractivity contribution in [2.45, 2.75) is 57.4 Å². The van der Waals surface area contributed by atoms with Crippen LogP contribution in [0.5, 0.6) is 0 Å². The van der Waals surface area contributed by atoms with Crippen LogP contribution < -0.4 is 11.2 Å². The summed E-state index contributed by atoms with van der Waals surface area (Å²) in [6.07, 6.45) is -5.06. The van der Waals surface area contributed by atoms with E-state index >= 15 is 0 Å². The van der Waals surface area contributed by atoms with Crippen LogP contribution in [0, 0.1) is 6.92 Å². The Bertz CT molecular complexity index is 704. The molecule has 1 aliphatic heterocycles. The van der Waals surface area contributed by atoms with Crippen molar-refractivity contribution in [3.8, 4) is 0 Å². The SMILES string of the molecule is Cc1ccc(C(CO)(C(N)=O)C(F)(F)F)cc1B1OC(C)(C)C(C)(C)O1. The second-order valence-corrected chi connectivity index (χ2v) is 7.59. The fourth-order valence-electron chi connectivity index (χ4n) is 2.83. The normalized spacial score (nSPS) is 21.5. The topological polar surface area (TPSA) is 81.8 Å². The van der Waals surface area contributed by atoms with Gasteiger partial charge >= 0.3 is 13.3 Å². The zero-order valence-corrected chi connectivity index (χ0v) is 15.4. The molecule has 26 heavy (non-hydrogen) atoms. The van der Waals surface area contributed by atoms with Crippen molar-refractivity contribution >= 4 is 18.5 Å². The Kier molecular flexibility index (Phi) is 4.98. The van der Waals surface area contributed by atoms with E-state index in [0.717, 1.165) is 6.07 Å². The number of carbonyl (C=O) groups is 1. The van der Waals surface area contributed by atoms with Gasteiger partial charge in [-0.3, -0.25) is 4.79 Å². The first-order valence-corrected chi connectivity index (χ1v) is 8.14. The third-order valence-electron chi connectivity index (χ3n) is 5.42. The van der Waals surface area contributed by atoms with Crippen LogP contribution in [0.1, 0.15) is 38.8 Å². The van der Waals surface area contributed by atoms with Gasteiger partial charge in [-0.25, -0.2) is 0 Å². The average molecular weight is 373 g/mol. The van der Waals surface area contributed by atoms with E-state index in [0.29, 0.717) is 11.0 Å². The molecular weight excluding hydrogens is 350 g/mol. The highest BCUT2D eigenvalue weighted by Gasteiger charge is 2.61. The Morgan fingerprint density at radius 1 is 1.19 bits per heavy atom. The lowest BCUT2D eigenvalue weighted by Gasteiger charge is -2.32. The second-order valence-electron chi connectivity index (χ2n) is 7.59.